The van der Waals surface area contributed by atoms with E-state index in [-0.39, 0.29) is 16.8 Å². The smallest absolute Gasteiger partial charge is 0.337 e. The standard InChI is InChI=1S/C26H32O2/c1-8-19-14-22-23(26(5,6)16-25(22,3)4)15-21(19)17(2)13-18-9-11-20(12-10-18)24(27)28-7/h9-15H,8,16H2,1-7H3. The Hall–Kier alpha value is -2.35. The fraction of sp³-hybridized carbons (Fsp3) is 0.423. The normalized spacial score (nSPS) is 17.3. The predicted molar refractivity (Wildman–Crippen MR) is 118 cm³/mol. The summed E-state index contributed by atoms with van der Waals surface area (Å²) in [4.78, 5) is 11.6. The number of ether oxygens (including phenoxy) is 1. The summed E-state index contributed by atoms with van der Waals surface area (Å²) in [6.45, 7) is 13.9. The molecule has 1 aliphatic carbocycles. The Kier molecular flexibility index (Phi) is 5.27. The van der Waals surface area contributed by atoms with Gasteiger partial charge in [0.2, 0.25) is 0 Å². The minimum Gasteiger partial charge on any atom is -0.465 e. The molecular weight excluding hydrogens is 344 g/mol. The molecular formula is C26H32O2. The van der Waals surface area contributed by atoms with E-state index in [1.54, 1.807) is 0 Å². The SMILES string of the molecule is CCc1cc2c(cc1C(C)=Cc1ccc(C(=O)OC)cc1)C(C)(C)CC2(C)C. The molecule has 148 valence electrons. The van der Waals surface area contributed by atoms with Crippen molar-refractivity contribution in [2.75, 3.05) is 7.11 Å². The molecule has 0 atom stereocenters. The first kappa shape index (κ1) is 20.4. The van der Waals surface area contributed by atoms with Crippen LogP contribution in [-0.4, -0.2) is 13.1 Å². The highest BCUT2D eigenvalue weighted by atomic mass is 16.5. The third-order valence-electron chi connectivity index (χ3n) is 6.11. The maximum Gasteiger partial charge on any atom is 0.337 e. The molecule has 0 spiro atoms. The zero-order valence-electron chi connectivity index (χ0n) is 18.3. The van der Waals surface area contributed by atoms with Crippen LogP contribution in [0, 0.1) is 0 Å². The van der Waals surface area contributed by atoms with Crippen LogP contribution in [0.3, 0.4) is 0 Å². The number of methoxy groups -OCH3 is 1. The number of carbonyl (C=O) groups excluding carboxylic acids is 1. The van der Waals surface area contributed by atoms with Crippen molar-refractivity contribution in [3.05, 3.63) is 69.8 Å². The second kappa shape index (κ2) is 7.24. The van der Waals surface area contributed by atoms with Crippen molar-refractivity contribution >= 4 is 17.6 Å². The lowest BCUT2D eigenvalue weighted by molar-refractivity contribution is 0.0600. The number of hydrogen-bond donors (Lipinski definition) is 0. The molecule has 0 aromatic heterocycles. The molecule has 0 aliphatic heterocycles. The Morgan fingerprint density at radius 3 is 2.14 bits per heavy atom. The van der Waals surface area contributed by atoms with E-state index in [1.807, 2.05) is 24.3 Å². The topological polar surface area (TPSA) is 26.3 Å². The fourth-order valence-electron chi connectivity index (χ4n) is 4.88. The Bertz CT molecular complexity index is 928. The van der Waals surface area contributed by atoms with E-state index < -0.39 is 0 Å². The van der Waals surface area contributed by atoms with Gasteiger partial charge in [0.15, 0.2) is 0 Å². The van der Waals surface area contributed by atoms with Crippen LogP contribution >= 0.6 is 0 Å². The number of benzene rings is 2. The van der Waals surface area contributed by atoms with E-state index >= 15 is 0 Å². The van der Waals surface area contributed by atoms with Gasteiger partial charge in [0.25, 0.3) is 0 Å². The highest BCUT2D eigenvalue weighted by molar-refractivity contribution is 5.90. The van der Waals surface area contributed by atoms with Gasteiger partial charge in [0.05, 0.1) is 12.7 Å². The van der Waals surface area contributed by atoms with Gasteiger partial charge in [-0.3, -0.25) is 0 Å². The molecule has 2 heteroatoms. The van der Waals surface area contributed by atoms with Crippen LogP contribution in [0.4, 0.5) is 0 Å². The molecule has 0 saturated heterocycles. The van der Waals surface area contributed by atoms with E-state index in [0.29, 0.717) is 5.56 Å². The first-order valence-corrected chi connectivity index (χ1v) is 10.1. The number of aryl methyl sites for hydroxylation is 1. The molecule has 2 aromatic rings. The second-order valence-corrected chi connectivity index (χ2v) is 9.29. The lowest BCUT2D eigenvalue weighted by Gasteiger charge is -2.22. The summed E-state index contributed by atoms with van der Waals surface area (Å²) >= 11 is 0. The van der Waals surface area contributed by atoms with Crippen LogP contribution in [0.15, 0.2) is 36.4 Å². The largest absolute Gasteiger partial charge is 0.465 e. The van der Waals surface area contributed by atoms with Gasteiger partial charge in [-0.05, 0) is 76.1 Å². The quantitative estimate of drug-likeness (QED) is 0.446. The average Bonchev–Trinajstić information content (AvgIpc) is 2.84. The summed E-state index contributed by atoms with van der Waals surface area (Å²) in [5.74, 6) is -0.302. The van der Waals surface area contributed by atoms with Crippen molar-refractivity contribution in [1.82, 2.24) is 0 Å². The van der Waals surface area contributed by atoms with Gasteiger partial charge in [0, 0.05) is 0 Å². The number of fused-ring (bicyclic) bond motifs is 1. The van der Waals surface area contributed by atoms with E-state index in [4.69, 9.17) is 4.74 Å². The van der Waals surface area contributed by atoms with Crippen molar-refractivity contribution in [1.29, 1.82) is 0 Å². The minimum atomic E-state index is -0.302. The molecule has 0 heterocycles. The summed E-state index contributed by atoms with van der Waals surface area (Å²) in [6, 6.07) is 12.5. The van der Waals surface area contributed by atoms with Gasteiger partial charge >= 0.3 is 5.97 Å². The minimum absolute atomic E-state index is 0.197. The van der Waals surface area contributed by atoms with E-state index in [9.17, 15) is 4.79 Å². The molecule has 0 unspecified atom stereocenters. The first-order valence-electron chi connectivity index (χ1n) is 10.1. The van der Waals surface area contributed by atoms with Gasteiger partial charge in [0.1, 0.15) is 0 Å². The van der Waals surface area contributed by atoms with E-state index in [2.05, 4.69) is 59.8 Å². The van der Waals surface area contributed by atoms with Gasteiger partial charge in [-0.15, -0.1) is 0 Å². The first-order chi connectivity index (χ1) is 13.1. The van der Waals surface area contributed by atoms with Gasteiger partial charge in [-0.25, -0.2) is 4.79 Å². The lowest BCUT2D eigenvalue weighted by atomic mass is 9.82. The number of hydrogen-bond acceptors (Lipinski definition) is 2. The molecule has 0 fully saturated rings. The maximum absolute atomic E-state index is 11.6. The van der Waals surface area contributed by atoms with Crippen molar-refractivity contribution < 1.29 is 9.53 Å². The molecule has 0 radical (unpaired) electrons. The summed E-state index contributed by atoms with van der Waals surface area (Å²) in [6.07, 6.45) is 4.40. The molecule has 3 rings (SSSR count). The molecule has 28 heavy (non-hydrogen) atoms. The number of esters is 1. The van der Waals surface area contributed by atoms with Crippen molar-refractivity contribution in [3.8, 4) is 0 Å². The lowest BCUT2D eigenvalue weighted by Crippen LogP contribution is -2.18. The number of allylic oxidation sites excluding steroid dienone is 1. The van der Waals surface area contributed by atoms with Crippen LogP contribution in [0.5, 0.6) is 0 Å². The van der Waals surface area contributed by atoms with Gasteiger partial charge < -0.3 is 4.74 Å². The predicted octanol–water partition coefficient (Wildman–Crippen LogP) is 6.56. The summed E-state index contributed by atoms with van der Waals surface area (Å²) in [5.41, 5.74) is 9.08. The van der Waals surface area contributed by atoms with Crippen LogP contribution in [0.25, 0.3) is 11.6 Å². The number of carbonyl (C=O) groups is 1. The Labute approximate surface area is 169 Å². The van der Waals surface area contributed by atoms with Crippen LogP contribution in [-0.2, 0) is 22.0 Å². The monoisotopic (exact) mass is 376 g/mol. The van der Waals surface area contributed by atoms with Gasteiger partial charge in [-0.2, -0.15) is 0 Å². The molecule has 0 amide bonds. The van der Waals surface area contributed by atoms with Crippen molar-refractivity contribution in [2.24, 2.45) is 0 Å². The number of rotatable bonds is 4. The summed E-state index contributed by atoms with van der Waals surface area (Å²) < 4.78 is 4.78. The third-order valence-corrected chi connectivity index (χ3v) is 6.11. The van der Waals surface area contributed by atoms with E-state index in [0.717, 1.165) is 12.0 Å². The zero-order chi connectivity index (χ0) is 20.7. The highest BCUT2D eigenvalue weighted by Gasteiger charge is 2.42. The van der Waals surface area contributed by atoms with Crippen molar-refractivity contribution in [3.63, 3.8) is 0 Å². The fourth-order valence-corrected chi connectivity index (χ4v) is 4.88. The molecule has 0 N–H and O–H groups in total. The summed E-state index contributed by atoms with van der Waals surface area (Å²) in [7, 11) is 1.41. The average molecular weight is 377 g/mol. The molecule has 2 aromatic carbocycles. The molecule has 0 bridgehead atoms. The van der Waals surface area contributed by atoms with Crippen LogP contribution in [0.2, 0.25) is 0 Å². The van der Waals surface area contributed by atoms with Crippen molar-refractivity contribution in [2.45, 2.75) is 65.2 Å². The Morgan fingerprint density at radius 2 is 1.61 bits per heavy atom. The zero-order valence-corrected chi connectivity index (χ0v) is 18.3. The van der Waals surface area contributed by atoms with Crippen LogP contribution in [0.1, 0.15) is 86.1 Å². The Balaban J connectivity index is 2.03. The van der Waals surface area contributed by atoms with Gasteiger partial charge in [-0.1, -0.05) is 65.0 Å². The molecule has 1 aliphatic rings. The van der Waals surface area contributed by atoms with E-state index in [1.165, 1.54) is 41.4 Å². The second-order valence-electron chi connectivity index (χ2n) is 9.29. The maximum atomic E-state index is 11.6. The van der Waals surface area contributed by atoms with Crippen LogP contribution < -0.4 is 0 Å². The third kappa shape index (κ3) is 3.65. The highest BCUT2D eigenvalue weighted by Crippen LogP contribution is 2.50. The summed E-state index contributed by atoms with van der Waals surface area (Å²) in [5, 5.41) is 0. The molecule has 0 saturated carbocycles. The Morgan fingerprint density at radius 1 is 1.04 bits per heavy atom. The molecule has 2 nitrogen and oxygen atoms in total.